The third-order valence-corrected chi connectivity index (χ3v) is 4.30. The van der Waals surface area contributed by atoms with Crippen molar-refractivity contribution < 1.29 is 4.79 Å². The fourth-order valence-electron chi connectivity index (χ4n) is 2.77. The van der Waals surface area contributed by atoms with Gasteiger partial charge in [-0.05, 0) is 58.0 Å². The summed E-state index contributed by atoms with van der Waals surface area (Å²) in [5.41, 5.74) is 0. The van der Waals surface area contributed by atoms with E-state index < -0.39 is 0 Å². The minimum absolute atomic E-state index is 0.146. The van der Waals surface area contributed by atoms with Crippen molar-refractivity contribution in [2.45, 2.75) is 51.5 Å². The van der Waals surface area contributed by atoms with Crippen LogP contribution in [-0.4, -0.2) is 49.6 Å². The van der Waals surface area contributed by atoms with Crippen LogP contribution in [-0.2, 0) is 4.79 Å². The average molecular weight is 267 g/mol. The van der Waals surface area contributed by atoms with Gasteiger partial charge in [-0.15, -0.1) is 0 Å². The summed E-state index contributed by atoms with van der Waals surface area (Å²) in [6.45, 7) is 6.98. The van der Waals surface area contributed by atoms with Crippen molar-refractivity contribution in [1.82, 2.24) is 15.5 Å². The zero-order valence-electron chi connectivity index (χ0n) is 12.3. The van der Waals surface area contributed by atoms with E-state index in [1.54, 1.807) is 0 Å². The molecule has 1 saturated carbocycles. The Balaban J connectivity index is 1.44. The fourth-order valence-corrected chi connectivity index (χ4v) is 2.77. The van der Waals surface area contributed by atoms with Crippen LogP contribution in [0.15, 0.2) is 0 Å². The van der Waals surface area contributed by atoms with Crippen LogP contribution in [0.4, 0.5) is 0 Å². The van der Waals surface area contributed by atoms with Gasteiger partial charge in [-0.25, -0.2) is 0 Å². The summed E-state index contributed by atoms with van der Waals surface area (Å²) in [7, 11) is 0. The van der Waals surface area contributed by atoms with E-state index in [0.29, 0.717) is 6.54 Å². The molecular weight excluding hydrogens is 238 g/mol. The Hall–Kier alpha value is -0.610. The molecule has 2 aliphatic rings. The summed E-state index contributed by atoms with van der Waals surface area (Å²) in [5.74, 6) is 0.987. The molecule has 1 saturated heterocycles. The zero-order chi connectivity index (χ0) is 13.5. The fraction of sp³-hybridized carbons (Fsp3) is 0.933. The quantitative estimate of drug-likeness (QED) is 0.653. The topological polar surface area (TPSA) is 44.4 Å². The van der Waals surface area contributed by atoms with Crippen LogP contribution in [0.3, 0.4) is 0 Å². The molecule has 0 radical (unpaired) electrons. The van der Waals surface area contributed by atoms with Gasteiger partial charge < -0.3 is 15.5 Å². The van der Waals surface area contributed by atoms with Crippen LogP contribution < -0.4 is 10.6 Å². The molecule has 2 rings (SSSR count). The first-order valence-corrected chi connectivity index (χ1v) is 7.97. The lowest BCUT2D eigenvalue weighted by Gasteiger charge is -2.33. The Bertz CT molecular complexity index is 279. The van der Waals surface area contributed by atoms with Crippen molar-refractivity contribution in [2.24, 2.45) is 5.92 Å². The summed E-state index contributed by atoms with van der Waals surface area (Å²) < 4.78 is 0. The Kier molecular flexibility index (Phi) is 6.11. The second-order valence-electron chi connectivity index (χ2n) is 6.16. The lowest BCUT2D eigenvalue weighted by molar-refractivity contribution is -0.120. The van der Waals surface area contributed by atoms with E-state index in [1.165, 1.54) is 38.6 Å². The molecule has 110 valence electrons. The van der Waals surface area contributed by atoms with E-state index in [1.807, 2.05) is 0 Å². The number of rotatable bonds is 8. The minimum atomic E-state index is 0.146. The molecule has 0 aromatic rings. The second kappa shape index (κ2) is 7.85. The van der Waals surface area contributed by atoms with Crippen molar-refractivity contribution >= 4 is 5.91 Å². The van der Waals surface area contributed by atoms with Crippen molar-refractivity contribution in [1.29, 1.82) is 0 Å². The van der Waals surface area contributed by atoms with Crippen LogP contribution in [0.25, 0.3) is 0 Å². The molecular formula is C15H29N3O. The van der Waals surface area contributed by atoms with Crippen LogP contribution >= 0.6 is 0 Å². The SMILES string of the molecule is CC1CCCCN1CCCNC(=O)CNCC1CC1. The maximum atomic E-state index is 11.6. The van der Waals surface area contributed by atoms with Gasteiger partial charge in [0.05, 0.1) is 6.54 Å². The van der Waals surface area contributed by atoms with E-state index in [0.717, 1.165) is 38.0 Å². The molecule has 0 aromatic heterocycles. The Morgan fingerprint density at radius 2 is 2.11 bits per heavy atom. The largest absolute Gasteiger partial charge is 0.355 e. The number of amides is 1. The van der Waals surface area contributed by atoms with Crippen molar-refractivity contribution in [2.75, 3.05) is 32.7 Å². The second-order valence-corrected chi connectivity index (χ2v) is 6.16. The summed E-state index contributed by atoms with van der Waals surface area (Å²) in [6, 6.07) is 0.727. The highest BCUT2D eigenvalue weighted by molar-refractivity contribution is 5.77. The standard InChI is InChI=1S/C15H29N3O/c1-13-5-2-3-9-18(13)10-4-8-17-15(19)12-16-11-14-6-7-14/h13-14,16H,2-12H2,1H3,(H,17,19). The van der Waals surface area contributed by atoms with Gasteiger partial charge in [0.15, 0.2) is 0 Å². The number of nitrogens with zero attached hydrogens (tertiary/aromatic N) is 1. The number of nitrogens with one attached hydrogen (secondary N) is 2. The van der Waals surface area contributed by atoms with Crippen LogP contribution in [0.1, 0.15) is 45.4 Å². The summed E-state index contributed by atoms with van der Waals surface area (Å²) >= 11 is 0. The number of carbonyl (C=O) groups excluding carboxylic acids is 1. The molecule has 0 aromatic carbocycles. The first-order valence-electron chi connectivity index (χ1n) is 7.97. The Morgan fingerprint density at radius 1 is 1.26 bits per heavy atom. The van der Waals surface area contributed by atoms with Crippen molar-refractivity contribution in [3.05, 3.63) is 0 Å². The lowest BCUT2D eigenvalue weighted by Crippen LogP contribution is -2.40. The van der Waals surface area contributed by atoms with Gasteiger partial charge >= 0.3 is 0 Å². The third kappa shape index (κ3) is 5.91. The van der Waals surface area contributed by atoms with Gasteiger partial charge in [-0.1, -0.05) is 6.42 Å². The maximum Gasteiger partial charge on any atom is 0.233 e. The number of likely N-dealkylation sites (tertiary alicyclic amines) is 1. The predicted octanol–water partition coefficient (Wildman–Crippen LogP) is 1.37. The maximum absolute atomic E-state index is 11.6. The highest BCUT2D eigenvalue weighted by Gasteiger charge is 2.20. The molecule has 1 amide bonds. The number of hydrogen-bond acceptors (Lipinski definition) is 3. The van der Waals surface area contributed by atoms with Crippen molar-refractivity contribution in [3.63, 3.8) is 0 Å². The molecule has 1 aliphatic heterocycles. The molecule has 2 N–H and O–H groups in total. The molecule has 1 heterocycles. The minimum Gasteiger partial charge on any atom is -0.355 e. The summed E-state index contributed by atoms with van der Waals surface area (Å²) in [4.78, 5) is 14.1. The zero-order valence-corrected chi connectivity index (χ0v) is 12.3. The number of carbonyl (C=O) groups is 1. The average Bonchev–Trinajstić information content (AvgIpc) is 3.21. The predicted molar refractivity (Wildman–Crippen MR) is 78.1 cm³/mol. The Morgan fingerprint density at radius 3 is 2.84 bits per heavy atom. The number of piperidine rings is 1. The number of hydrogen-bond donors (Lipinski definition) is 2. The third-order valence-electron chi connectivity index (χ3n) is 4.30. The van der Waals surface area contributed by atoms with Gasteiger partial charge in [-0.2, -0.15) is 0 Å². The van der Waals surface area contributed by atoms with E-state index in [2.05, 4.69) is 22.5 Å². The molecule has 1 aliphatic carbocycles. The summed E-state index contributed by atoms with van der Waals surface area (Å²) in [5, 5.41) is 6.23. The Labute approximate surface area is 117 Å². The highest BCUT2D eigenvalue weighted by Crippen LogP contribution is 2.27. The van der Waals surface area contributed by atoms with Crippen LogP contribution in [0, 0.1) is 5.92 Å². The normalized spacial score (nSPS) is 24.4. The van der Waals surface area contributed by atoms with Gasteiger partial charge in [0.25, 0.3) is 0 Å². The molecule has 1 atom stereocenters. The molecule has 4 nitrogen and oxygen atoms in total. The molecule has 0 spiro atoms. The smallest absolute Gasteiger partial charge is 0.233 e. The molecule has 1 unspecified atom stereocenters. The van der Waals surface area contributed by atoms with Crippen LogP contribution in [0.2, 0.25) is 0 Å². The van der Waals surface area contributed by atoms with Crippen molar-refractivity contribution in [3.8, 4) is 0 Å². The molecule has 0 bridgehead atoms. The van der Waals surface area contributed by atoms with Crippen LogP contribution in [0.5, 0.6) is 0 Å². The molecule has 19 heavy (non-hydrogen) atoms. The summed E-state index contributed by atoms with van der Waals surface area (Å²) in [6.07, 6.45) is 7.78. The van der Waals surface area contributed by atoms with Gasteiger partial charge in [0, 0.05) is 19.1 Å². The van der Waals surface area contributed by atoms with E-state index in [4.69, 9.17) is 0 Å². The van der Waals surface area contributed by atoms with Gasteiger partial charge in [0.2, 0.25) is 5.91 Å². The van der Waals surface area contributed by atoms with Gasteiger partial charge in [-0.3, -0.25) is 4.79 Å². The van der Waals surface area contributed by atoms with E-state index in [-0.39, 0.29) is 5.91 Å². The molecule has 2 fully saturated rings. The van der Waals surface area contributed by atoms with E-state index >= 15 is 0 Å². The first kappa shape index (κ1) is 14.8. The monoisotopic (exact) mass is 267 g/mol. The van der Waals surface area contributed by atoms with E-state index in [9.17, 15) is 4.79 Å². The first-order chi connectivity index (χ1) is 9.25. The molecule has 4 heteroatoms. The highest BCUT2D eigenvalue weighted by atomic mass is 16.1. The lowest BCUT2D eigenvalue weighted by atomic mass is 10.0. The van der Waals surface area contributed by atoms with Gasteiger partial charge in [0.1, 0.15) is 0 Å².